The van der Waals surface area contributed by atoms with E-state index in [1.807, 2.05) is 60.7 Å². The van der Waals surface area contributed by atoms with Crippen molar-refractivity contribution in [3.8, 4) is 0 Å². The zero-order valence-electron chi connectivity index (χ0n) is 15.1. The third kappa shape index (κ3) is 5.35. The van der Waals surface area contributed by atoms with E-state index < -0.39 is 10.8 Å². The molecule has 0 unspecified atom stereocenters. The third-order valence-electron chi connectivity index (χ3n) is 4.14. The number of amides is 1. The smallest absolute Gasteiger partial charge is 0.267 e. The summed E-state index contributed by atoms with van der Waals surface area (Å²) in [5.41, 5.74) is 5.55. The summed E-state index contributed by atoms with van der Waals surface area (Å²) in [6, 6.07) is 25.3. The second kappa shape index (κ2) is 9.23. The van der Waals surface area contributed by atoms with Crippen LogP contribution in [-0.4, -0.2) is 16.5 Å². The van der Waals surface area contributed by atoms with Crippen LogP contribution in [0.15, 0.2) is 90.0 Å². The second-order valence-electron chi connectivity index (χ2n) is 6.25. The number of nitro benzene ring substituents is 1. The lowest BCUT2D eigenvalue weighted by Crippen LogP contribution is -2.21. The van der Waals surface area contributed by atoms with E-state index >= 15 is 0 Å². The number of carbonyl (C=O) groups is 1. The average Bonchev–Trinajstić information content (AvgIpc) is 2.73. The van der Waals surface area contributed by atoms with Gasteiger partial charge in [-0.05, 0) is 17.2 Å². The third-order valence-corrected chi connectivity index (χ3v) is 4.14. The van der Waals surface area contributed by atoms with Crippen LogP contribution in [0, 0.1) is 10.1 Å². The molecule has 0 radical (unpaired) electrons. The number of hydrogen-bond donors (Lipinski definition) is 1. The summed E-state index contributed by atoms with van der Waals surface area (Å²) in [6.07, 6.45) is 1.18. The molecule has 3 aromatic carbocycles. The molecule has 28 heavy (non-hydrogen) atoms. The van der Waals surface area contributed by atoms with Gasteiger partial charge >= 0.3 is 0 Å². The average molecular weight is 373 g/mol. The van der Waals surface area contributed by atoms with Crippen LogP contribution in [0.25, 0.3) is 0 Å². The van der Waals surface area contributed by atoms with E-state index in [1.165, 1.54) is 24.3 Å². The van der Waals surface area contributed by atoms with Crippen LogP contribution in [0.5, 0.6) is 0 Å². The van der Waals surface area contributed by atoms with Crippen molar-refractivity contribution in [2.75, 3.05) is 0 Å². The monoisotopic (exact) mass is 373 g/mol. The van der Waals surface area contributed by atoms with E-state index in [4.69, 9.17) is 0 Å². The minimum Gasteiger partial charge on any atom is -0.267 e. The Labute approximate surface area is 162 Å². The minimum atomic E-state index is -0.531. The zero-order chi connectivity index (χ0) is 19.8. The topological polar surface area (TPSA) is 84.6 Å². The van der Waals surface area contributed by atoms with Crippen LogP contribution in [-0.2, 0) is 12.8 Å². The summed E-state index contributed by atoms with van der Waals surface area (Å²) in [7, 11) is 0. The number of nitro groups is 1. The second-order valence-corrected chi connectivity index (χ2v) is 6.25. The molecule has 140 valence electrons. The van der Waals surface area contributed by atoms with Crippen LogP contribution in [0.1, 0.15) is 21.5 Å². The van der Waals surface area contributed by atoms with Crippen molar-refractivity contribution in [1.29, 1.82) is 0 Å². The van der Waals surface area contributed by atoms with Crippen molar-refractivity contribution in [3.05, 3.63) is 112 Å². The molecule has 1 N–H and O–H groups in total. The molecule has 0 aliphatic heterocycles. The Bertz CT molecular complexity index is 943. The Morgan fingerprint density at radius 1 is 0.857 bits per heavy atom. The van der Waals surface area contributed by atoms with Gasteiger partial charge in [-0.1, -0.05) is 66.7 Å². The lowest BCUT2D eigenvalue weighted by atomic mass is 10.0. The van der Waals surface area contributed by atoms with Crippen molar-refractivity contribution < 1.29 is 9.72 Å². The molecule has 6 heteroatoms. The van der Waals surface area contributed by atoms with Crippen molar-refractivity contribution >= 4 is 17.3 Å². The molecule has 0 saturated heterocycles. The standard InChI is InChI=1S/C22H19N3O3/c26-22(19-12-7-13-21(16-19)25(27)28)24-23-20(14-17-8-3-1-4-9-17)15-18-10-5-2-6-11-18/h1-13,16H,14-15H2,(H,24,26). The van der Waals surface area contributed by atoms with Gasteiger partial charge in [0.25, 0.3) is 11.6 Å². The number of nitrogens with one attached hydrogen (secondary N) is 1. The Morgan fingerprint density at radius 3 is 1.96 bits per heavy atom. The molecule has 0 heterocycles. The number of hydrazone groups is 1. The van der Waals surface area contributed by atoms with E-state index in [0.29, 0.717) is 12.8 Å². The summed E-state index contributed by atoms with van der Waals surface area (Å²) < 4.78 is 0. The maximum atomic E-state index is 12.4. The Morgan fingerprint density at radius 2 is 1.43 bits per heavy atom. The van der Waals surface area contributed by atoms with Gasteiger partial charge in [-0.3, -0.25) is 14.9 Å². The Balaban J connectivity index is 1.78. The quantitative estimate of drug-likeness (QED) is 0.383. The fourth-order valence-corrected chi connectivity index (χ4v) is 2.76. The van der Waals surface area contributed by atoms with Crippen molar-refractivity contribution in [1.82, 2.24) is 5.43 Å². The summed E-state index contributed by atoms with van der Waals surface area (Å²) in [5.74, 6) is -0.484. The summed E-state index contributed by atoms with van der Waals surface area (Å²) in [5, 5.41) is 15.2. The molecule has 0 aliphatic carbocycles. The largest absolute Gasteiger partial charge is 0.271 e. The number of non-ortho nitro benzene ring substituents is 1. The van der Waals surface area contributed by atoms with Gasteiger partial charge in [-0.2, -0.15) is 5.10 Å². The van der Waals surface area contributed by atoms with Crippen LogP contribution >= 0.6 is 0 Å². The highest BCUT2D eigenvalue weighted by molar-refractivity contribution is 5.96. The lowest BCUT2D eigenvalue weighted by Gasteiger charge is -2.08. The zero-order valence-corrected chi connectivity index (χ0v) is 15.1. The summed E-state index contributed by atoms with van der Waals surface area (Å²) >= 11 is 0. The number of rotatable bonds is 7. The maximum absolute atomic E-state index is 12.4. The fraction of sp³-hybridized carbons (Fsp3) is 0.0909. The van der Waals surface area contributed by atoms with E-state index in [2.05, 4.69) is 10.5 Å². The number of nitrogens with zero attached hydrogens (tertiary/aromatic N) is 2. The predicted molar refractivity (Wildman–Crippen MR) is 108 cm³/mol. The van der Waals surface area contributed by atoms with E-state index in [-0.39, 0.29) is 11.3 Å². The first-order valence-electron chi connectivity index (χ1n) is 8.80. The van der Waals surface area contributed by atoms with Crippen molar-refractivity contribution in [2.24, 2.45) is 5.10 Å². The van der Waals surface area contributed by atoms with Gasteiger partial charge in [0.05, 0.1) is 4.92 Å². The first kappa shape index (κ1) is 19.0. The molecule has 0 aliphatic rings. The molecule has 1 amide bonds. The number of benzene rings is 3. The van der Waals surface area contributed by atoms with E-state index in [0.717, 1.165) is 16.8 Å². The first-order chi connectivity index (χ1) is 13.6. The van der Waals surface area contributed by atoms with Crippen molar-refractivity contribution in [2.45, 2.75) is 12.8 Å². The van der Waals surface area contributed by atoms with Crippen LogP contribution in [0.2, 0.25) is 0 Å². The highest BCUT2D eigenvalue weighted by atomic mass is 16.6. The first-order valence-corrected chi connectivity index (χ1v) is 8.80. The van der Waals surface area contributed by atoms with Gasteiger partial charge in [0.1, 0.15) is 0 Å². The molecule has 0 bridgehead atoms. The maximum Gasteiger partial charge on any atom is 0.271 e. The van der Waals surface area contributed by atoms with Crippen LogP contribution in [0.4, 0.5) is 5.69 Å². The predicted octanol–water partition coefficient (Wildman–Crippen LogP) is 4.17. The molecular weight excluding hydrogens is 354 g/mol. The van der Waals surface area contributed by atoms with Crippen molar-refractivity contribution in [3.63, 3.8) is 0 Å². The Hall–Kier alpha value is -3.80. The van der Waals surface area contributed by atoms with Gasteiger partial charge in [0, 0.05) is 36.2 Å². The fourth-order valence-electron chi connectivity index (χ4n) is 2.76. The molecule has 6 nitrogen and oxygen atoms in total. The lowest BCUT2D eigenvalue weighted by molar-refractivity contribution is -0.384. The number of hydrogen-bond acceptors (Lipinski definition) is 4. The van der Waals surface area contributed by atoms with Gasteiger partial charge in [0.2, 0.25) is 0 Å². The summed E-state index contributed by atoms with van der Waals surface area (Å²) in [4.78, 5) is 22.8. The number of carbonyl (C=O) groups excluding carboxylic acids is 1. The molecule has 0 spiro atoms. The van der Waals surface area contributed by atoms with Gasteiger partial charge in [0.15, 0.2) is 0 Å². The normalized spacial score (nSPS) is 10.1. The summed E-state index contributed by atoms with van der Waals surface area (Å²) in [6.45, 7) is 0. The molecule has 3 rings (SSSR count). The van der Waals surface area contributed by atoms with Gasteiger partial charge in [-0.25, -0.2) is 5.43 Å². The minimum absolute atomic E-state index is 0.134. The van der Waals surface area contributed by atoms with E-state index in [9.17, 15) is 14.9 Å². The van der Waals surface area contributed by atoms with Crippen LogP contribution < -0.4 is 5.43 Å². The van der Waals surface area contributed by atoms with Gasteiger partial charge in [-0.15, -0.1) is 0 Å². The Kier molecular flexibility index (Phi) is 6.25. The van der Waals surface area contributed by atoms with Crippen LogP contribution in [0.3, 0.4) is 0 Å². The highest BCUT2D eigenvalue weighted by Gasteiger charge is 2.12. The molecule has 0 fully saturated rings. The van der Waals surface area contributed by atoms with E-state index in [1.54, 1.807) is 0 Å². The molecule has 0 atom stereocenters. The molecule has 0 aromatic heterocycles. The van der Waals surface area contributed by atoms with Gasteiger partial charge < -0.3 is 0 Å². The molecular formula is C22H19N3O3. The highest BCUT2D eigenvalue weighted by Crippen LogP contribution is 2.13. The molecule has 3 aromatic rings. The SMILES string of the molecule is O=C(NN=C(Cc1ccccc1)Cc1ccccc1)c1cccc([N+](=O)[O-])c1. The molecule has 0 saturated carbocycles.